The van der Waals surface area contributed by atoms with Gasteiger partial charge in [-0.15, -0.1) is 0 Å². The van der Waals surface area contributed by atoms with Gasteiger partial charge in [-0.25, -0.2) is 0 Å². The van der Waals surface area contributed by atoms with E-state index in [1.165, 1.54) is 10.5 Å². The number of hydrogen-bond donors (Lipinski definition) is 1. The molecule has 166 valence electrons. The summed E-state index contributed by atoms with van der Waals surface area (Å²) in [7, 11) is 0. The number of anilines is 1. The van der Waals surface area contributed by atoms with Gasteiger partial charge in [0.15, 0.2) is 5.11 Å². The topological polar surface area (TPSA) is 58.6 Å². The molecule has 0 aliphatic carbocycles. The summed E-state index contributed by atoms with van der Waals surface area (Å²) in [6.45, 7) is 4.57. The molecule has 1 heterocycles. The minimum atomic E-state index is -0.508. The van der Waals surface area contributed by atoms with E-state index in [9.17, 15) is 9.59 Å². The standard InChI is InChI=1S/C27H24N2O3S/c1-3-19-8-12-22(13-9-19)29-26(31)24(25(30)28-27(29)33)16-20-10-14-23(15-11-20)32-17-21-6-4-18(2)5-7-21/h4-16H,3,17H2,1-2H3,(H,28,30,33). The highest BCUT2D eigenvalue weighted by Crippen LogP contribution is 2.23. The van der Waals surface area contributed by atoms with Crippen molar-refractivity contribution in [3.63, 3.8) is 0 Å². The molecule has 1 N–H and O–H groups in total. The van der Waals surface area contributed by atoms with E-state index in [4.69, 9.17) is 17.0 Å². The third-order valence-electron chi connectivity index (χ3n) is 5.42. The van der Waals surface area contributed by atoms with E-state index in [0.717, 1.165) is 17.5 Å². The maximum atomic E-state index is 13.1. The number of aryl methyl sites for hydroxylation is 2. The molecule has 1 aliphatic rings. The van der Waals surface area contributed by atoms with Gasteiger partial charge in [0.2, 0.25) is 0 Å². The first-order valence-corrected chi connectivity index (χ1v) is 11.1. The number of hydrogen-bond acceptors (Lipinski definition) is 4. The normalized spacial score (nSPS) is 15.0. The van der Waals surface area contributed by atoms with Crippen molar-refractivity contribution in [2.75, 3.05) is 4.90 Å². The Morgan fingerprint density at radius 2 is 1.55 bits per heavy atom. The highest BCUT2D eigenvalue weighted by molar-refractivity contribution is 7.80. The maximum absolute atomic E-state index is 13.1. The molecule has 0 unspecified atom stereocenters. The number of carbonyl (C=O) groups is 2. The first kappa shape index (κ1) is 22.4. The summed E-state index contributed by atoms with van der Waals surface area (Å²) < 4.78 is 5.83. The number of carbonyl (C=O) groups excluding carboxylic acids is 2. The van der Waals surface area contributed by atoms with Crippen LogP contribution in [0, 0.1) is 6.92 Å². The smallest absolute Gasteiger partial charge is 0.270 e. The second-order valence-electron chi connectivity index (χ2n) is 7.82. The molecule has 1 aliphatic heterocycles. The molecule has 1 fully saturated rings. The average molecular weight is 457 g/mol. The van der Waals surface area contributed by atoms with Gasteiger partial charge in [0.1, 0.15) is 17.9 Å². The maximum Gasteiger partial charge on any atom is 0.270 e. The molecule has 0 bridgehead atoms. The summed E-state index contributed by atoms with van der Waals surface area (Å²) in [6, 6.07) is 23.0. The molecule has 0 atom stereocenters. The summed E-state index contributed by atoms with van der Waals surface area (Å²) >= 11 is 5.26. The Balaban J connectivity index is 1.50. The van der Waals surface area contributed by atoms with Crippen LogP contribution in [0.4, 0.5) is 5.69 Å². The summed E-state index contributed by atoms with van der Waals surface area (Å²) in [5.74, 6) is -0.255. The van der Waals surface area contributed by atoms with Crippen molar-refractivity contribution in [2.24, 2.45) is 0 Å². The number of benzene rings is 3. The molecular weight excluding hydrogens is 432 g/mol. The second-order valence-corrected chi connectivity index (χ2v) is 8.21. The van der Waals surface area contributed by atoms with Crippen molar-refractivity contribution in [2.45, 2.75) is 26.9 Å². The van der Waals surface area contributed by atoms with Gasteiger partial charge in [0.25, 0.3) is 11.8 Å². The Morgan fingerprint density at radius 3 is 2.18 bits per heavy atom. The van der Waals surface area contributed by atoms with Crippen LogP contribution in [-0.2, 0) is 22.6 Å². The van der Waals surface area contributed by atoms with E-state index in [-0.39, 0.29) is 10.7 Å². The van der Waals surface area contributed by atoms with Gasteiger partial charge in [-0.1, -0.05) is 61.0 Å². The summed E-state index contributed by atoms with van der Waals surface area (Å²) in [6.07, 6.45) is 2.46. The van der Waals surface area contributed by atoms with Crippen LogP contribution >= 0.6 is 12.2 Å². The summed E-state index contributed by atoms with van der Waals surface area (Å²) in [4.78, 5) is 27.0. The van der Waals surface area contributed by atoms with E-state index in [1.54, 1.807) is 6.08 Å². The first-order valence-electron chi connectivity index (χ1n) is 10.7. The van der Waals surface area contributed by atoms with E-state index in [2.05, 4.69) is 12.2 Å². The zero-order chi connectivity index (χ0) is 23.4. The van der Waals surface area contributed by atoms with Crippen LogP contribution in [0.5, 0.6) is 5.75 Å². The lowest BCUT2D eigenvalue weighted by Crippen LogP contribution is -2.54. The second kappa shape index (κ2) is 9.79. The third kappa shape index (κ3) is 5.18. The van der Waals surface area contributed by atoms with E-state index in [0.29, 0.717) is 23.6 Å². The molecular formula is C27H24N2O3S. The molecule has 4 rings (SSSR count). The molecule has 5 nitrogen and oxygen atoms in total. The molecule has 3 aromatic rings. The Bertz CT molecular complexity index is 1210. The van der Waals surface area contributed by atoms with Gasteiger partial charge in [-0.05, 0) is 72.6 Å². The van der Waals surface area contributed by atoms with Gasteiger partial charge in [-0.2, -0.15) is 0 Å². The van der Waals surface area contributed by atoms with Gasteiger partial charge >= 0.3 is 0 Å². The lowest BCUT2D eigenvalue weighted by molar-refractivity contribution is -0.122. The molecule has 0 spiro atoms. The number of nitrogens with one attached hydrogen (secondary N) is 1. The number of ether oxygens (including phenoxy) is 1. The molecule has 0 aromatic heterocycles. The van der Waals surface area contributed by atoms with Gasteiger partial charge < -0.3 is 4.74 Å². The van der Waals surface area contributed by atoms with Crippen molar-refractivity contribution in [1.29, 1.82) is 0 Å². The largest absolute Gasteiger partial charge is 0.489 e. The van der Waals surface area contributed by atoms with E-state index >= 15 is 0 Å². The van der Waals surface area contributed by atoms with Crippen LogP contribution < -0.4 is 15.0 Å². The molecule has 33 heavy (non-hydrogen) atoms. The predicted octanol–water partition coefficient (Wildman–Crippen LogP) is 4.97. The lowest BCUT2D eigenvalue weighted by Gasteiger charge is -2.29. The van der Waals surface area contributed by atoms with Gasteiger partial charge in [-0.3, -0.25) is 19.8 Å². The van der Waals surface area contributed by atoms with Crippen molar-refractivity contribution < 1.29 is 14.3 Å². The average Bonchev–Trinajstić information content (AvgIpc) is 2.82. The minimum Gasteiger partial charge on any atom is -0.489 e. The number of amides is 2. The molecule has 2 amide bonds. The fourth-order valence-electron chi connectivity index (χ4n) is 3.45. The lowest BCUT2D eigenvalue weighted by atomic mass is 10.1. The van der Waals surface area contributed by atoms with Crippen LogP contribution in [0.2, 0.25) is 0 Å². The fraction of sp³-hybridized carbons (Fsp3) is 0.148. The molecule has 1 saturated heterocycles. The van der Waals surface area contributed by atoms with Crippen molar-refractivity contribution in [3.8, 4) is 5.75 Å². The van der Waals surface area contributed by atoms with E-state index in [1.807, 2.05) is 79.7 Å². The Labute approximate surface area is 198 Å². The van der Waals surface area contributed by atoms with Crippen molar-refractivity contribution >= 4 is 40.9 Å². The first-order chi connectivity index (χ1) is 15.9. The van der Waals surface area contributed by atoms with Crippen molar-refractivity contribution in [1.82, 2.24) is 5.32 Å². The van der Waals surface area contributed by atoms with Gasteiger partial charge in [0, 0.05) is 0 Å². The quantitative estimate of drug-likeness (QED) is 0.323. The predicted molar refractivity (Wildman–Crippen MR) is 134 cm³/mol. The van der Waals surface area contributed by atoms with Gasteiger partial charge in [0.05, 0.1) is 5.69 Å². The van der Waals surface area contributed by atoms with Crippen LogP contribution in [0.1, 0.15) is 29.2 Å². The van der Waals surface area contributed by atoms with Crippen LogP contribution in [-0.4, -0.2) is 16.9 Å². The zero-order valence-electron chi connectivity index (χ0n) is 18.5. The Hall–Kier alpha value is -3.77. The molecule has 0 saturated carbocycles. The number of rotatable bonds is 6. The Morgan fingerprint density at radius 1 is 0.909 bits per heavy atom. The molecule has 0 radical (unpaired) electrons. The SMILES string of the molecule is CCc1ccc(N2C(=O)C(=Cc3ccc(OCc4ccc(C)cc4)cc3)C(=O)NC2=S)cc1. The highest BCUT2D eigenvalue weighted by atomic mass is 32.1. The molecule has 6 heteroatoms. The summed E-state index contributed by atoms with van der Waals surface area (Å²) in [5.41, 5.74) is 4.79. The zero-order valence-corrected chi connectivity index (χ0v) is 19.3. The monoisotopic (exact) mass is 456 g/mol. The minimum absolute atomic E-state index is 0.0245. The number of nitrogens with zero attached hydrogens (tertiary/aromatic N) is 1. The highest BCUT2D eigenvalue weighted by Gasteiger charge is 2.34. The van der Waals surface area contributed by atoms with Crippen LogP contribution in [0.3, 0.4) is 0 Å². The van der Waals surface area contributed by atoms with E-state index < -0.39 is 11.8 Å². The fourth-order valence-corrected chi connectivity index (χ4v) is 3.73. The third-order valence-corrected chi connectivity index (χ3v) is 5.71. The Kier molecular flexibility index (Phi) is 6.66. The van der Waals surface area contributed by atoms with Crippen LogP contribution in [0.25, 0.3) is 6.08 Å². The summed E-state index contributed by atoms with van der Waals surface area (Å²) in [5, 5.41) is 2.69. The van der Waals surface area contributed by atoms with Crippen LogP contribution in [0.15, 0.2) is 78.4 Å². The molecule has 3 aromatic carbocycles. The number of thiocarbonyl (C=S) groups is 1. The van der Waals surface area contributed by atoms with Crippen molar-refractivity contribution in [3.05, 3.63) is 101 Å².